The third kappa shape index (κ3) is 2.63. The Morgan fingerprint density at radius 1 is 1.50 bits per heavy atom. The summed E-state index contributed by atoms with van der Waals surface area (Å²) in [5.74, 6) is -0.0795. The molecule has 0 radical (unpaired) electrons. The topological polar surface area (TPSA) is 53.4 Å². The Morgan fingerprint density at radius 2 is 2.22 bits per heavy atom. The predicted molar refractivity (Wildman–Crippen MR) is 71.2 cm³/mol. The van der Waals surface area contributed by atoms with Gasteiger partial charge in [0.15, 0.2) is 0 Å². The molecule has 2 rings (SSSR count). The molecule has 1 aliphatic rings. The zero-order valence-corrected chi connectivity index (χ0v) is 11.2. The number of anilines is 1. The lowest BCUT2D eigenvalue weighted by Gasteiger charge is -2.21. The molecule has 0 unspecified atom stereocenters. The predicted octanol–water partition coefficient (Wildman–Crippen LogP) is 2.58. The molecule has 0 saturated carbocycles. The highest BCUT2D eigenvalue weighted by molar-refractivity contribution is 5.88. The van der Waals surface area contributed by atoms with Crippen LogP contribution in [0.25, 0.3) is 0 Å². The molecule has 1 saturated heterocycles. The van der Waals surface area contributed by atoms with Crippen molar-refractivity contribution in [3.05, 3.63) is 23.4 Å². The molecule has 0 aliphatic carbocycles. The van der Waals surface area contributed by atoms with Gasteiger partial charge in [0.2, 0.25) is 0 Å². The van der Waals surface area contributed by atoms with E-state index in [1.165, 1.54) is 0 Å². The van der Waals surface area contributed by atoms with Crippen molar-refractivity contribution in [2.45, 2.75) is 33.6 Å². The van der Waals surface area contributed by atoms with Crippen molar-refractivity contribution in [2.24, 2.45) is 5.41 Å². The van der Waals surface area contributed by atoms with Crippen LogP contribution in [0.3, 0.4) is 0 Å². The van der Waals surface area contributed by atoms with Gasteiger partial charge >= 0.3 is 5.97 Å². The van der Waals surface area contributed by atoms with Gasteiger partial charge in [-0.1, -0.05) is 20.8 Å². The van der Waals surface area contributed by atoms with E-state index >= 15 is 0 Å². The fourth-order valence-corrected chi connectivity index (χ4v) is 2.35. The van der Waals surface area contributed by atoms with Crippen LogP contribution in [0.4, 0.5) is 5.82 Å². The van der Waals surface area contributed by atoms with E-state index in [1.807, 2.05) is 6.92 Å². The van der Waals surface area contributed by atoms with Gasteiger partial charge in [0.05, 0.1) is 5.56 Å². The molecule has 1 fully saturated rings. The molecule has 18 heavy (non-hydrogen) atoms. The lowest BCUT2D eigenvalue weighted by Crippen LogP contribution is -2.24. The first-order valence-electron chi connectivity index (χ1n) is 6.40. The van der Waals surface area contributed by atoms with Crippen LogP contribution in [-0.2, 0) is 6.42 Å². The molecule has 0 atom stereocenters. The minimum Gasteiger partial charge on any atom is -0.478 e. The van der Waals surface area contributed by atoms with Crippen LogP contribution in [0.15, 0.2) is 12.1 Å². The molecule has 1 aromatic heterocycles. The molecule has 0 amide bonds. The Labute approximate surface area is 108 Å². The van der Waals surface area contributed by atoms with E-state index in [0.717, 1.165) is 37.4 Å². The van der Waals surface area contributed by atoms with Crippen molar-refractivity contribution in [1.82, 2.24) is 4.98 Å². The van der Waals surface area contributed by atoms with Gasteiger partial charge in [-0.2, -0.15) is 0 Å². The highest BCUT2D eigenvalue weighted by Crippen LogP contribution is 2.32. The summed E-state index contributed by atoms with van der Waals surface area (Å²) >= 11 is 0. The minimum atomic E-state index is -0.883. The van der Waals surface area contributed by atoms with E-state index in [-0.39, 0.29) is 5.41 Å². The molecule has 0 spiro atoms. The lowest BCUT2D eigenvalue weighted by atomic mass is 9.93. The van der Waals surface area contributed by atoms with Crippen LogP contribution in [0.5, 0.6) is 0 Å². The minimum absolute atomic E-state index is 0.285. The number of carbonyl (C=O) groups is 1. The maximum absolute atomic E-state index is 11.1. The van der Waals surface area contributed by atoms with Gasteiger partial charge in [0.25, 0.3) is 0 Å². The third-order valence-electron chi connectivity index (χ3n) is 3.48. The first-order valence-corrected chi connectivity index (χ1v) is 6.40. The van der Waals surface area contributed by atoms with E-state index in [9.17, 15) is 4.79 Å². The summed E-state index contributed by atoms with van der Waals surface area (Å²) < 4.78 is 0. The maximum atomic E-state index is 11.1. The number of aromatic nitrogens is 1. The average Bonchev–Trinajstić information content (AvgIpc) is 2.69. The zero-order chi connectivity index (χ0) is 13.3. The summed E-state index contributed by atoms with van der Waals surface area (Å²) in [6, 6.07) is 3.34. The number of rotatable bonds is 3. The number of carboxylic acids is 1. The Morgan fingerprint density at radius 3 is 2.72 bits per heavy atom. The van der Waals surface area contributed by atoms with Crippen molar-refractivity contribution in [1.29, 1.82) is 0 Å². The quantitative estimate of drug-likeness (QED) is 0.893. The van der Waals surface area contributed by atoms with E-state index < -0.39 is 5.97 Å². The molecule has 0 aromatic carbocycles. The number of aryl methyl sites for hydroxylation is 1. The fourth-order valence-electron chi connectivity index (χ4n) is 2.35. The van der Waals surface area contributed by atoms with Crippen LogP contribution in [0.2, 0.25) is 0 Å². The highest BCUT2D eigenvalue weighted by Gasteiger charge is 2.30. The van der Waals surface area contributed by atoms with Gasteiger partial charge in [-0.15, -0.1) is 0 Å². The van der Waals surface area contributed by atoms with Gasteiger partial charge in [0, 0.05) is 18.8 Å². The van der Waals surface area contributed by atoms with Crippen molar-refractivity contribution in [2.75, 3.05) is 18.0 Å². The smallest absolute Gasteiger partial charge is 0.335 e. The molecular formula is C14H20N2O2. The molecule has 98 valence electrons. The Hall–Kier alpha value is -1.58. The van der Waals surface area contributed by atoms with Crippen molar-refractivity contribution in [3.8, 4) is 0 Å². The summed E-state index contributed by atoms with van der Waals surface area (Å²) in [5, 5.41) is 9.13. The lowest BCUT2D eigenvalue weighted by molar-refractivity contribution is 0.0696. The van der Waals surface area contributed by atoms with E-state index in [2.05, 4.69) is 23.7 Å². The number of hydrogen-bond donors (Lipinski definition) is 1. The summed E-state index contributed by atoms with van der Waals surface area (Å²) in [7, 11) is 0. The average molecular weight is 248 g/mol. The number of pyridine rings is 1. The molecule has 1 N–H and O–H groups in total. The summed E-state index contributed by atoms with van der Waals surface area (Å²) in [5.41, 5.74) is 1.46. The van der Waals surface area contributed by atoms with Crippen molar-refractivity contribution in [3.63, 3.8) is 0 Å². The number of aromatic carboxylic acids is 1. The van der Waals surface area contributed by atoms with Crippen molar-refractivity contribution >= 4 is 11.8 Å². The van der Waals surface area contributed by atoms with E-state index in [1.54, 1.807) is 12.1 Å². The van der Waals surface area contributed by atoms with Crippen LogP contribution >= 0.6 is 0 Å². The molecule has 4 heteroatoms. The summed E-state index contributed by atoms with van der Waals surface area (Å²) in [6.07, 6.45) is 1.87. The van der Waals surface area contributed by atoms with Crippen LogP contribution in [0, 0.1) is 5.41 Å². The van der Waals surface area contributed by atoms with E-state index in [0.29, 0.717) is 5.56 Å². The van der Waals surface area contributed by atoms with E-state index in [4.69, 9.17) is 5.11 Å². The molecule has 0 bridgehead atoms. The standard InChI is InChI=1S/C14H20N2O2/c1-4-11-7-10(13(17)18)8-12(15-11)16-6-5-14(2,3)9-16/h7-8H,4-6,9H2,1-3H3,(H,17,18). The normalized spacial score (nSPS) is 18.1. The largest absolute Gasteiger partial charge is 0.478 e. The summed E-state index contributed by atoms with van der Waals surface area (Å²) in [6.45, 7) is 8.34. The second-order valence-corrected chi connectivity index (χ2v) is 5.70. The van der Waals surface area contributed by atoms with Gasteiger partial charge in [-0.05, 0) is 30.4 Å². The summed E-state index contributed by atoms with van der Waals surface area (Å²) in [4.78, 5) is 17.8. The Balaban J connectivity index is 2.33. The molecule has 1 aromatic rings. The molecular weight excluding hydrogens is 228 g/mol. The maximum Gasteiger partial charge on any atom is 0.335 e. The zero-order valence-electron chi connectivity index (χ0n) is 11.2. The number of carboxylic acid groups (broad SMARTS) is 1. The molecule has 4 nitrogen and oxygen atoms in total. The fraction of sp³-hybridized carbons (Fsp3) is 0.571. The van der Waals surface area contributed by atoms with Crippen molar-refractivity contribution < 1.29 is 9.90 Å². The first kappa shape index (κ1) is 12.9. The second-order valence-electron chi connectivity index (χ2n) is 5.70. The van der Waals surface area contributed by atoms with Gasteiger partial charge in [-0.3, -0.25) is 0 Å². The molecule has 2 heterocycles. The van der Waals surface area contributed by atoms with Crippen LogP contribution in [0.1, 0.15) is 43.2 Å². The SMILES string of the molecule is CCc1cc(C(=O)O)cc(N2CCC(C)(C)C2)n1. The number of nitrogens with zero attached hydrogens (tertiary/aromatic N) is 2. The second kappa shape index (κ2) is 4.59. The van der Waals surface area contributed by atoms with Crippen LogP contribution < -0.4 is 4.90 Å². The van der Waals surface area contributed by atoms with Gasteiger partial charge < -0.3 is 10.0 Å². The highest BCUT2D eigenvalue weighted by atomic mass is 16.4. The Bertz CT molecular complexity index is 469. The Kier molecular flexibility index (Phi) is 3.28. The van der Waals surface area contributed by atoms with Crippen LogP contribution in [-0.4, -0.2) is 29.1 Å². The first-order chi connectivity index (χ1) is 8.41. The third-order valence-corrected chi connectivity index (χ3v) is 3.48. The van der Waals surface area contributed by atoms with Gasteiger partial charge in [-0.25, -0.2) is 9.78 Å². The molecule has 1 aliphatic heterocycles. The monoisotopic (exact) mass is 248 g/mol. The number of hydrogen-bond acceptors (Lipinski definition) is 3. The van der Waals surface area contributed by atoms with Gasteiger partial charge in [0.1, 0.15) is 5.82 Å².